The summed E-state index contributed by atoms with van der Waals surface area (Å²) in [6.07, 6.45) is 1.16. The third-order valence-corrected chi connectivity index (χ3v) is 2.30. The Labute approximate surface area is 83.7 Å². The zero-order valence-corrected chi connectivity index (χ0v) is 7.99. The van der Waals surface area contributed by atoms with Crippen LogP contribution in [-0.4, -0.2) is 24.0 Å². The molecule has 1 radical (unpaired) electrons. The number of hydrogen-bond acceptors (Lipinski definition) is 2. The summed E-state index contributed by atoms with van der Waals surface area (Å²) in [7, 11) is 0. The number of hydrogen-bond donors (Lipinski definition) is 1. The maximum atomic E-state index is 11.6. The molecule has 0 unspecified atom stereocenters. The summed E-state index contributed by atoms with van der Waals surface area (Å²) in [6, 6.07) is 7.30. The second kappa shape index (κ2) is 3.80. The van der Waals surface area contributed by atoms with Gasteiger partial charge in [-0.15, -0.1) is 0 Å². The molecule has 1 amide bonds. The van der Waals surface area contributed by atoms with Gasteiger partial charge in [0.2, 0.25) is 0 Å². The summed E-state index contributed by atoms with van der Waals surface area (Å²) >= 11 is 0. The first-order valence-electron chi connectivity index (χ1n) is 4.74. The summed E-state index contributed by atoms with van der Waals surface area (Å²) in [5.74, 6) is -0.0461. The number of amides is 1. The molecule has 1 heterocycles. The summed E-state index contributed by atoms with van der Waals surface area (Å²) in [5.41, 5.74) is 4.36. The second-order valence-corrected chi connectivity index (χ2v) is 3.48. The predicted molar refractivity (Wildman–Crippen MR) is 54.6 cm³/mol. The number of nitrogens with one attached hydrogen (secondary N) is 1. The highest BCUT2D eigenvalue weighted by atomic mass is 16.2. The Morgan fingerprint density at radius 2 is 2.21 bits per heavy atom. The maximum Gasteiger partial charge on any atom is 0.265 e. The molecule has 0 bridgehead atoms. The van der Waals surface area contributed by atoms with Crippen molar-refractivity contribution >= 4 is 5.91 Å². The summed E-state index contributed by atoms with van der Waals surface area (Å²) in [6.45, 7) is 5.69. The first kappa shape index (κ1) is 9.21. The van der Waals surface area contributed by atoms with E-state index >= 15 is 0 Å². The van der Waals surface area contributed by atoms with E-state index in [1.807, 2.05) is 17.1 Å². The van der Waals surface area contributed by atoms with Gasteiger partial charge in [0.05, 0.1) is 0 Å². The first-order valence-corrected chi connectivity index (χ1v) is 4.74. The van der Waals surface area contributed by atoms with Crippen LogP contribution >= 0.6 is 0 Å². The van der Waals surface area contributed by atoms with Gasteiger partial charge in [-0.1, -0.05) is 12.1 Å². The van der Waals surface area contributed by atoms with Gasteiger partial charge in [-0.05, 0) is 31.0 Å². The third kappa shape index (κ3) is 1.93. The van der Waals surface area contributed by atoms with E-state index in [0.717, 1.165) is 25.1 Å². The molecular formula is C11H13N2O. The SMILES string of the molecule is [CH2]c1cccc(C(=O)NN2CCC2)c1. The van der Waals surface area contributed by atoms with E-state index in [1.165, 1.54) is 0 Å². The summed E-state index contributed by atoms with van der Waals surface area (Å²) in [5, 5.41) is 1.91. The molecule has 3 heteroatoms. The molecule has 1 fully saturated rings. The van der Waals surface area contributed by atoms with Crippen molar-refractivity contribution < 1.29 is 4.79 Å². The normalized spacial score (nSPS) is 16.1. The fourth-order valence-electron chi connectivity index (χ4n) is 1.35. The largest absolute Gasteiger partial charge is 0.285 e. The van der Waals surface area contributed by atoms with E-state index in [-0.39, 0.29) is 5.91 Å². The predicted octanol–water partition coefficient (Wildman–Crippen LogP) is 1.22. The van der Waals surface area contributed by atoms with E-state index in [0.29, 0.717) is 5.56 Å². The van der Waals surface area contributed by atoms with Crippen molar-refractivity contribution in [1.82, 2.24) is 10.4 Å². The number of carbonyl (C=O) groups excluding carboxylic acids is 1. The highest BCUT2D eigenvalue weighted by Gasteiger charge is 2.16. The molecule has 0 spiro atoms. The molecule has 1 aromatic carbocycles. The average Bonchev–Trinajstić information content (AvgIpc) is 2.11. The zero-order chi connectivity index (χ0) is 9.97. The van der Waals surface area contributed by atoms with Gasteiger partial charge in [-0.2, -0.15) is 0 Å². The van der Waals surface area contributed by atoms with E-state index in [4.69, 9.17) is 0 Å². The third-order valence-electron chi connectivity index (χ3n) is 2.30. The number of carbonyl (C=O) groups is 1. The van der Waals surface area contributed by atoms with Crippen molar-refractivity contribution in [2.75, 3.05) is 13.1 Å². The highest BCUT2D eigenvalue weighted by molar-refractivity contribution is 5.94. The minimum Gasteiger partial charge on any atom is -0.285 e. The molecule has 73 valence electrons. The molecule has 0 aliphatic carbocycles. The van der Waals surface area contributed by atoms with E-state index < -0.39 is 0 Å². The van der Waals surface area contributed by atoms with E-state index in [9.17, 15) is 4.79 Å². The van der Waals surface area contributed by atoms with E-state index in [2.05, 4.69) is 12.3 Å². The van der Waals surface area contributed by atoms with Gasteiger partial charge in [0.25, 0.3) is 5.91 Å². The standard InChI is InChI=1S/C11H13N2O/c1-9-4-2-5-10(8-9)11(14)12-13-6-3-7-13/h2,4-5,8H,1,3,6-7H2,(H,12,14). The molecule has 1 N–H and O–H groups in total. The fraction of sp³-hybridized carbons (Fsp3) is 0.273. The maximum absolute atomic E-state index is 11.6. The molecule has 0 atom stereocenters. The summed E-state index contributed by atoms with van der Waals surface area (Å²) in [4.78, 5) is 11.6. The number of nitrogens with zero attached hydrogens (tertiary/aromatic N) is 1. The van der Waals surface area contributed by atoms with Crippen molar-refractivity contribution in [3.63, 3.8) is 0 Å². The van der Waals surface area contributed by atoms with Crippen LogP contribution in [0.5, 0.6) is 0 Å². The van der Waals surface area contributed by atoms with Crippen LogP contribution in [0.4, 0.5) is 0 Å². The lowest BCUT2D eigenvalue weighted by Crippen LogP contribution is -2.50. The van der Waals surface area contributed by atoms with Crippen LogP contribution in [0.25, 0.3) is 0 Å². The molecule has 2 rings (SSSR count). The minimum atomic E-state index is -0.0461. The van der Waals surface area contributed by atoms with Gasteiger partial charge in [0, 0.05) is 18.7 Å². The fourth-order valence-corrected chi connectivity index (χ4v) is 1.35. The lowest BCUT2D eigenvalue weighted by Gasteiger charge is -2.30. The van der Waals surface area contributed by atoms with Crippen molar-refractivity contribution in [2.24, 2.45) is 0 Å². The Balaban J connectivity index is 2.02. The molecule has 1 aliphatic rings. The van der Waals surface area contributed by atoms with Crippen molar-refractivity contribution in [2.45, 2.75) is 6.42 Å². The molecule has 1 aliphatic heterocycles. The molecule has 0 aromatic heterocycles. The monoisotopic (exact) mass is 189 g/mol. The molecule has 14 heavy (non-hydrogen) atoms. The molecule has 1 saturated heterocycles. The summed E-state index contributed by atoms with van der Waals surface area (Å²) < 4.78 is 0. The van der Waals surface area contributed by atoms with Gasteiger partial charge in [0.1, 0.15) is 0 Å². The van der Waals surface area contributed by atoms with Crippen LogP contribution in [0.1, 0.15) is 22.3 Å². The first-order chi connectivity index (χ1) is 6.75. The molecular weight excluding hydrogens is 176 g/mol. The topological polar surface area (TPSA) is 32.3 Å². The van der Waals surface area contributed by atoms with Crippen LogP contribution in [-0.2, 0) is 0 Å². The molecule has 3 nitrogen and oxygen atoms in total. The van der Waals surface area contributed by atoms with Crippen LogP contribution in [0.3, 0.4) is 0 Å². The van der Waals surface area contributed by atoms with Crippen LogP contribution in [0, 0.1) is 6.92 Å². The van der Waals surface area contributed by atoms with Gasteiger partial charge < -0.3 is 0 Å². The van der Waals surface area contributed by atoms with Crippen molar-refractivity contribution in [3.8, 4) is 0 Å². The number of benzene rings is 1. The molecule has 1 aromatic rings. The Kier molecular flexibility index (Phi) is 2.50. The lowest BCUT2D eigenvalue weighted by atomic mass is 10.1. The van der Waals surface area contributed by atoms with Crippen molar-refractivity contribution in [1.29, 1.82) is 0 Å². The Morgan fingerprint density at radius 1 is 1.43 bits per heavy atom. The van der Waals surface area contributed by atoms with Gasteiger partial charge in [-0.25, -0.2) is 5.01 Å². The van der Waals surface area contributed by atoms with Gasteiger partial charge >= 0.3 is 0 Å². The molecule has 0 saturated carbocycles. The van der Waals surface area contributed by atoms with Crippen LogP contribution in [0.15, 0.2) is 24.3 Å². The van der Waals surface area contributed by atoms with Gasteiger partial charge in [-0.3, -0.25) is 10.2 Å². The second-order valence-electron chi connectivity index (χ2n) is 3.48. The van der Waals surface area contributed by atoms with E-state index in [1.54, 1.807) is 12.1 Å². The number of hydrazine groups is 1. The number of rotatable bonds is 2. The lowest BCUT2D eigenvalue weighted by molar-refractivity contribution is 0.0642. The Bertz CT molecular complexity index is 345. The Hall–Kier alpha value is -1.35. The van der Waals surface area contributed by atoms with Gasteiger partial charge in [0.15, 0.2) is 0 Å². The Morgan fingerprint density at radius 3 is 2.79 bits per heavy atom. The van der Waals surface area contributed by atoms with Crippen LogP contribution in [0.2, 0.25) is 0 Å². The smallest absolute Gasteiger partial charge is 0.265 e. The van der Waals surface area contributed by atoms with Crippen LogP contribution < -0.4 is 5.43 Å². The van der Waals surface area contributed by atoms with Crippen molar-refractivity contribution in [3.05, 3.63) is 42.3 Å². The highest BCUT2D eigenvalue weighted by Crippen LogP contribution is 2.06. The minimum absolute atomic E-state index is 0.0461. The zero-order valence-electron chi connectivity index (χ0n) is 7.99. The average molecular weight is 189 g/mol. The quantitative estimate of drug-likeness (QED) is 0.758.